The second-order valence-electron chi connectivity index (χ2n) is 8.24. The standard InChI is InChI=1S/C24H19ClFN3O4/c25-16-9-13(5-8-19(16)33-12-20(30)28-18-4-2-1-3-17(18)26)11-27-29-23(31)21-14-6-7-15(10-14)22(21)24(29)32/h1-9,11,14-15,21-22H,10,12H2,(H,28,30). The first kappa shape index (κ1) is 21.3. The van der Waals surface area contributed by atoms with Gasteiger partial charge in [0.15, 0.2) is 6.61 Å². The minimum Gasteiger partial charge on any atom is -0.482 e. The fraction of sp³-hybridized carbons (Fsp3) is 0.250. The third kappa shape index (κ3) is 3.91. The fourth-order valence-electron chi connectivity index (χ4n) is 4.73. The number of hydrogen-bond donors (Lipinski definition) is 1. The minimum atomic E-state index is -0.546. The molecule has 3 aliphatic rings. The maximum Gasteiger partial charge on any atom is 0.262 e. The lowest BCUT2D eigenvalue weighted by molar-refractivity contribution is -0.140. The topological polar surface area (TPSA) is 88.1 Å². The molecule has 0 aromatic heterocycles. The molecule has 4 unspecified atom stereocenters. The van der Waals surface area contributed by atoms with Crippen molar-refractivity contribution >= 4 is 41.2 Å². The van der Waals surface area contributed by atoms with Gasteiger partial charge in [0.25, 0.3) is 17.7 Å². The van der Waals surface area contributed by atoms with Crippen LogP contribution in [0.4, 0.5) is 10.1 Å². The summed E-state index contributed by atoms with van der Waals surface area (Å²) >= 11 is 6.24. The maximum absolute atomic E-state index is 13.6. The Balaban J connectivity index is 1.20. The molecule has 1 aliphatic heterocycles. The Hall–Kier alpha value is -3.52. The van der Waals surface area contributed by atoms with Crippen molar-refractivity contribution in [3.05, 3.63) is 71.0 Å². The quantitative estimate of drug-likeness (QED) is 0.399. The van der Waals surface area contributed by atoms with Gasteiger partial charge in [-0.1, -0.05) is 35.9 Å². The molecule has 5 rings (SSSR count). The minimum absolute atomic E-state index is 0.0580. The van der Waals surface area contributed by atoms with Crippen LogP contribution in [0.2, 0.25) is 5.02 Å². The number of fused-ring (bicyclic) bond motifs is 5. The van der Waals surface area contributed by atoms with Gasteiger partial charge in [0.05, 0.1) is 28.8 Å². The number of benzene rings is 2. The van der Waals surface area contributed by atoms with E-state index in [1.165, 1.54) is 24.4 Å². The molecule has 2 bridgehead atoms. The third-order valence-corrected chi connectivity index (χ3v) is 6.53. The van der Waals surface area contributed by atoms with Gasteiger partial charge in [-0.3, -0.25) is 14.4 Å². The SMILES string of the molecule is O=C(COc1ccc(C=NN2C(=O)C3C4C=CC(C4)C3C2=O)cc1Cl)Nc1ccccc1F. The number of nitrogens with zero attached hydrogens (tertiary/aromatic N) is 2. The molecule has 1 saturated carbocycles. The van der Waals surface area contributed by atoms with Crippen LogP contribution < -0.4 is 10.1 Å². The lowest BCUT2D eigenvalue weighted by Crippen LogP contribution is -2.28. The molecule has 2 fully saturated rings. The summed E-state index contributed by atoms with van der Waals surface area (Å²) in [6.45, 7) is -0.364. The van der Waals surface area contributed by atoms with Crippen LogP contribution in [0.25, 0.3) is 0 Å². The summed E-state index contributed by atoms with van der Waals surface area (Å²) in [5.41, 5.74) is 0.615. The van der Waals surface area contributed by atoms with E-state index in [1.807, 2.05) is 12.2 Å². The van der Waals surface area contributed by atoms with Gasteiger partial charge in [0.2, 0.25) is 0 Å². The number of amides is 3. The number of ether oxygens (including phenoxy) is 1. The summed E-state index contributed by atoms with van der Waals surface area (Å²) in [5, 5.41) is 7.72. The van der Waals surface area contributed by atoms with Crippen LogP contribution in [0.5, 0.6) is 5.75 Å². The average Bonchev–Trinajstić information content (AvgIpc) is 3.47. The molecule has 9 heteroatoms. The summed E-state index contributed by atoms with van der Waals surface area (Å²) in [6.07, 6.45) is 6.31. The first-order chi connectivity index (χ1) is 15.9. The second-order valence-corrected chi connectivity index (χ2v) is 8.65. The average molecular weight is 468 g/mol. The van der Waals surface area contributed by atoms with Crippen LogP contribution in [0.1, 0.15) is 12.0 Å². The molecule has 3 amide bonds. The number of anilines is 1. The predicted molar refractivity (Wildman–Crippen MR) is 119 cm³/mol. The largest absolute Gasteiger partial charge is 0.482 e. The van der Waals surface area contributed by atoms with Crippen molar-refractivity contribution in [3.8, 4) is 5.75 Å². The van der Waals surface area contributed by atoms with Crippen molar-refractivity contribution in [2.45, 2.75) is 6.42 Å². The van der Waals surface area contributed by atoms with Gasteiger partial charge in [-0.05, 0) is 54.2 Å². The molecule has 0 spiro atoms. The zero-order valence-electron chi connectivity index (χ0n) is 17.3. The highest BCUT2D eigenvalue weighted by Crippen LogP contribution is 2.52. The molecule has 1 heterocycles. The van der Waals surface area contributed by atoms with Crippen molar-refractivity contribution < 1.29 is 23.5 Å². The molecule has 1 N–H and O–H groups in total. The zero-order valence-corrected chi connectivity index (χ0v) is 18.0. The Labute approximate surface area is 193 Å². The number of rotatable bonds is 6. The van der Waals surface area contributed by atoms with Crippen molar-refractivity contribution in [1.29, 1.82) is 0 Å². The third-order valence-electron chi connectivity index (χ3n) is 6.23. The second kappa shape index (κ2) is 8.44. The molecule has 4 atom stereocenters. The van der Waals surface area contributed by atoms with Crippen molar-refractivity contribution in [2.24, 2.45) is 28.8 Å². The van der Waals surface area contributed by atoms with E-state index in [0.29, 0.717) is 5.56 Å². The van der Waals surface area contributed by atoms with Crippen molar-refractivity contribution in [2.75, 3.05) is 11.9 Å². The highest BCUT2D eigenvalue weighted by Gasteiger charge is 2.59. The van der Waals surface area contributed by atoms with E-state index >= 15 is 0 Å². The summed E-state index contributed by atoms with van der Waals surface area (Å²) in [5.74, 6) is -1.72. The molecule has 168 valence electrons. The number of carbonyl (C=O) groups excluding carboxylic acids is 3. The van der Waals surface area contributed by atoms with Crippen LogP contribution in [0.3, 0.4) is 0 Å². The lowest BCUT2D eigenvalue weighted by atomic mass is 9.85. The Kier molecular flexibility index (Phi) is 5.46. The molecule has 2 aromatic rings. The van der Waals surface area contributed by atoms with Crippen LogP contribution in [-0.2, 0) is 14.4 Å². The highest BCUT2D eigenvalue weighted by molar-refractivity contribution is 6.32. The molecule has 33 heavy (non-hydrogen) atoms. The Morgan fingerprint density at radius 2 is 1.85 bits per heavy atom. The molecular formula is C24H19ClFN3O4. The van der Waals surface area contributed by atoms with Crippen LogP contribution in [0.15, 0.2) is 59.7 Å². The van der Waals surface area contributed by atoms with Gasteiger partial charge in [0, 0.05) is 0 Å². The predicted octanol–water partition coefficient (Wildman–Crippen LogP) is 3.64. The Bertz CT molecular complexity index is 1180. The fourth-order valence-corrected chi connectivity index (χ4v) is 4.97. The number of imide groups is 1. The first-order valence-corrected chi connectivity index (χ1v) is 10.9. The number of carbonyl (C=O) groups is 3. The summed E-state index contributed by atoms with van der Waals surface area (Å²) in [7, 11) is 0. The van der Waals surface area contributed by atoms with Gasteiger partial charge in [0.1, 0.15) is 11.6 Å². The molecule has 2 aromatic carbocycles. The number of hydrogen-bond acceptors (Lipinski definition) is 5. The van der Waals surface area contributed by atoms with E-state index in [9.17, 15) is 18.8 Å². The summed E-state index contributed by atoms with van der Waals surface area (Å²) in [6, 6.07) is 10.5. The van der Waals surface area contributed by atoms with E-state index in [1.54, 1.807) is 24.3 Å². The number of allylic oxidation sites excluding steroid dienone is 2. The van der Waals surface area contributed by atoms with Gasteiger partial charge >= 0.3 is 0 Å². The van der Waals surface area contributed by atoms with Gasteiger partial charge in [-0.2, -0.15) is 10.1 Å². The van der Waals surface area contributed by atoms with Crippen molar-refractivity contribution in [1.82, 2.24) is 5.01 Å². The van der Waals surface area contributed by atoms with E-state index in [4.69, 9.17) is 16.3 Å². The summed E-state index contributed by atoms with van der Waals surface area (Å²) < 4.78 is 19.0. The first-order valence-electron chi connectivity index (χ1n) is 10.5. The summed E-state index contributed by atoms with van der Waals surface area (Å²) in [4.78, 5) is 37.4. The van der Waals surface area contributed by atoms with Gasteiger partial charge in [-0.25, -0.2) is 4.39 Å². The van der Waals surface area contributed by atoms with Gasteiger partial charge in [-0.15, -0.1) is 0 Å². The van der Waals surface area contributed by atoms with E-state index in [0.717, 1.165) is 11.4 Å². The van der Waals surface area contributed by atoms with E-state index < -0.39 is 11.7 Å². The maximum atomic E-state index is 13.6. The van der Waals surface area contributed by atoms with Crippen LogP contribution >= 0.6 is 11.6 Å². The van der Waals surface area contributed by atoms with Crippen LogP contribution in [0, 0.1) is 29.5 Å². The van der Waals surface area contributed by atoms with Gasteiger partial charge < -0.3 is 10.1 Å². The number of halogens is 2. The molecule has 0 radical (unpaired) electrons. The normalized spacial score (nSPS) is 25.2. The number of para-hydroxylation sites is 1. The highest BCUT2D eigenvalue weighted by atomic mass is 35.5. The lowest BCUT2D eigenvalue weighted by Gasteiger charge is -2.13. The Morgan fingerprint density at radius 3 is 2.52 bits per heavy atom. The number of nitrogens with one attached hydrogen (secondary N) is 1. The zero-order chi connectivity index (χ0) is 23.1. The molecular weight excluding hydrogens is 449 g/mol. The molecule has 1 saturated heterocycles. The van der Waals surface area contributed by atoms with Crippen molar-refractivity contribution in [3.63, 3.8) is 0 Å². The van der Waals surface area contributed by atoms with E-state index in [-0.39, 0.29) is 58.6 Å². The number of hydrazone groups is 1. The smallest absolute Gasteiger partial charge is 0.262 e. The molecule has 2 aliphatic carbocycles. The molecule has 7 nitrogen and oxygen atoms in total. The Morgan fingerprint density at radius 1 is 1.15 bits per heavy atom. The van der Waals surface area contributed by atoms with Crippen LogP contribution in [-0.4, -0.2) is 35.6 Å². The van der Waals surface area contributed by atoms with E-state index in [2.05, 4.69) is 10.4 Å². The monoisotopic (exact) mass is 467 g/mol.